The van der Waals surface area contributed by atoms with Gasteiger partial charge in [0.2, 0.25) is 5.91 Å². The van der Waals surface area contributed by atoms with Crippen LogP contribution in [0.5, 0.6) is 0 Å². The molecule has 1 aromatic rings. The molecule has 3 heteroatoms. The minimum Gasteiger partial charge on any atom is -0.356 e. The summed E-state index contributed by atoms with van der Waals surface area (Å²) in [6.07, 6.45) is 0.946. The van der Waals surface area contributed by atoms with Gasteiger partial charge in [0.25, 0.3) is 0 Å². The molecule has 0 aliphatic rings. The number of carbonyl (C=O) groups is 1. The van der Waals surface area contributed by atoms with Crippen LogP contribution in [0.2, 0.25) is 0 Å². The van der Waals surface area contributed by atoms with Crippen LogP contribution in [0.1, 0.15) is 38.7 Å². The van der Waals surface area contributed by atoms with Crippen molar-refractivity contribution in [3.05, 3.63) is 35.9 Å². The highest BCUT2D eigenvalue weighted by Crippen LogP contribution is 2.17. The van der Waals surface area contributed by atoms with E-state index in [1.807, 2.05) is 32.0 Å². The van der Waals surface area contributed by atoms with Gasteiger partial charge in [-0.15, -0.1) is 0 Å². The molecule has 100 valence electrons. The van der Waals surface area contributed by atoms with Crippen LogP contribution in [-0.2, 0) is 4.79 Å². The Kier molecular flexibility index (Phi) is 5.86. The van der Waals surface area contributed by atoms with E-state index in [4.69, 9.17) is 5.73 Å². The van der Waals surface area contributed by atoms with Gasteiger partial charge in [0.15, 0.2) is 0 Å². The summed E-state index contributed by atoms with van der Waals surface area (Å²) in [6.45, 7) is 6.60. The molecule has 0 bridgehead atoms. The monoisotopic (exact) mass is 248 g/mol. The number of nitrogens with one attached hydrogen (secondary N) is 1. The Bertz CT molecular complexity index is 362. The Morgan fingerprint density at radius 2 is 1.83 bits per heavy atom. The van der Waals surface area contributed by atoms with Gasteiger partial charge in [-0.05, 0) is 24.8 Å². The van der Waals surface area contributed by atoms with Gasteiger partial charge >= 0.3 is 0 Å². The number of benzene rings is 1. The summed E-state index contributed by atoms with van der Waals surface area (Å²) < 4.78 is 0. The molecule has 18 heavy (non-hydrogen) atoms. The maximum atomic E-state index is 11.7. The lowest BCUT2D eigenvalue weighted by Crippen LogP contribution is -2.39. The quantitative estimate of drug-likeness (QED) is 0.811. The number of amides is 1. The molecule has 3 N–H and O–H groups in total. The Hall–Kier alpha value is -1.35. The molecule has 1 amide bonds. The van der Waals surface area contributed by atoms with Gasteiger partial charge in [-0.2, -0.15) is 0 Å². The first-order valence-electron chi connectivity index (χ1n) is 6.60. The van der Waals surface area contributed by atoms with E-state index in [2.05, 4.69) is 24.4 Å². The van der Waals surface area contributed by atoms with Crippen molar-refractivity contribution >= 4 is 5.91 Å². The molecular weight excluding hydrogens is 224 g/mol. The number of rotatable bonds is 6. The van der Waals surface area contributed by atoms with Gasteiger partial charge in [-0.25, -0.2) is 0 Å². The molecule has 3 atom stereocenters. The first kappa shape index (κ1) is 14.7. The van der Waals surface area contributed by atoms with E-state index >= 15 is 0 Å². The number of hydrogen-bond acceptors (Lipinski definition) is 2. The number of hydrogen-bond donors (Lipinski definition) is 2. The lowest BCUT2D eigenvalue weighted by molar-refractivity contribution is -0.124. The van der Waals surface area contributed by atoms with E-state index in [1.54, 1.807) is 0 Å². The van der Waals surface area contributed by atoms with Crippen molar-refractivity contribution in [1.82, 2.24) is 5.32 Å². The molecule has 3 nitrogen and oxygen atoms in total. The fraction of sp³-hybridized carbons (Fsp3) is 0.533. The van der Waals surface area contributed by atoms with E-state index in [-0.39, 0.29) is 17.9 Å². The SMILES string of the molecule is CC(CCNC(=O)C(C)C(C)N)c1ccccc1. The van der Waals surface area contributed by atoms with Crippen molar-refractivity contribution < 1.29 is 4.79 Å². The summed E-state index contributed by atoms with van der Waals surface area (Å²) in [7, 11) is 0. The summed E-state index contributed by atoms with van der Waals surface area (Å²) in [6, 6.07) is 10.2. The first-order chi connectivity index (χ1) is 8.52. The van der Waals surface area contributed by atoms with E-state index in [9.17, 15) is 4.79 Å². The molecule has 0 heterocycles. The van der Waals surface area contributed by atoms with Crippen LogP contribution in [-0.4, -0.2) is 18.5 Å². The van der Waals surface area contributed by atoms with E-state index in [1.165, 1.54) is 5.56 Å². The standard InChI is InChI=1S/C15H24N2O/c1-11(14-7-5-4-6-8-14)9-10-17-15(18)12(2)13(3)16/h4-8,11-13H,9-10,16H2,1-3H3,(H,17,18). The lowest BCUT2D eigenvalue weighted by atomic mass is 9.97. The highest BCUT2D eigenvalue weighted by molar-refractivity contribution is 5.78. The molecule has 0 saturated heterocycles. The second-order valence-electron chi connectivity index (χ2n) is 5.04. The van der Waals surface area contributed by atoms with Crippen LogP contribution < -0.4 is 11.1 Å². The zero-order valence-corrected chi connectivity index (χ0v) is 11.5. The zero-order chi connectivity index (χ0) is 13.5. The molecular formula is C15H24N2O. The highest BCUT2D eigenvalue weighted by Gasteiger charge is 2.16. The third-order valence-electron chi connectivity index (χ3n) is 3.45. The predicted molar refractivity (Wildman–Crippen MR) is 75.3 cm³/mol. The van der Waals surface area contributed by atoms with Crippen LogP contribution in [0, 0.1) is 5.92 Å². The minimum absolute atomic E-state index is 0.0465. The molecule has 0 aliphatic heterocycles. The Labute approximate surface area is 110 Å². The molecule has 0 saturated carbocycles. The van der Waals surface area contributed by atoms with E-state index in [0.717, 1.165) is 6.42 Å². The third kappa shape index (κ3) is 4.49. The average molecular weight is 248 g/mol. The molecule has 3 unspecified atom stereocenters. The second-order valence-corrected chi connectivity index (χ2v) is 5.04. The predicted octanol–water partition coefficient (Wildman–Crippen LogP) is 2.28. The van der Waals surface area contributed by atoms with E-state index < -0.39 is 0 Å². The molecule has 0 radical (unpaired) electrons. The van der Waals surface area contributed by atoms with Gasteiger partial charge < -0.3 is 11.1 Å². The van der Waals surface area contributed by atoms with Crippen LogP contribution in [0.4, 0.5) is 0 Å². The van der Waals surface area contributed by atoms with Crippen LogP contribution >= 0.6 is 0 Å². The molecule has 1 rings (SSSR count). The molecule has 0 aliphatic carbocycles. The van der Waals surface area contributed by atoms with E-state index in [0.29, 0.717) is 12.5 Å². The van der Waals surface area contributed by atoms with Crippen molar-refractivity contribution in [2.24, 2.45) is 11.7 Å². The third-order valence-corrected chi connectivity index (χ3v) is 3.45. The van der Waals surface area contributed by atoms with Gasteiger partial charge in [0.05, 0.1) is 0 Å². The molecule has 0 spiro atoms. The average Bonchev–Trinajstić information content (AvgIpc) is 2.38. The lowest BCUT2D eigenvalue weighted by Gasteiger charge is -2.17. The normalized spacial score (nSPS) is 15.8. The molecule has 0 aromatic heterocycles. The smallest absolute Gasteiger partial charge is 0.224 e. The highest BCUT2D eigenvalue weighted by atomic mass is 16.1. The van der Waals surface area contributed by atoms with Crippen LogP contribution in [0.15, 0.2) is 30.3 Å². The van der Waals surface area contributed by atoms with Gasteiger partial charge in [-0.3, -0.25) is 4.79 Å². The fourth-order valence-electron chi connectivity index (χ4n) is 1.76. The Morgan fingerprint density at radius 3 is 2.39 bits per heavy atom. The summed E-state index contributed by atoms with van der Waals surface area (Å²) in [5.74, 6) is 0.374. The Morgan fingerprint density at radius 1 is 1.22 bits per heavy atom. The van der Waals surface area contributed by atoms with Crippen LogP contribution in [0.3, 0.4) is 0 Å². The maximum absolute atomic E-state index is 11.7. The second kappa shape index (κ2) is 7.17. The number of nitrogens with two attached hydrogens (primary N) is 1. The van der Waals surface area contributed by atoms with Crippen molar-refractivity contribution in [3.63, 3.8) is 0 Å². The summed E-state index contributed by atoms with van der Waals surface area (Å²) in [5.41, 5.74) is 7.01. The largest absolute Gasteiger partial charge is 0.356 e. The van der Waals surface area contributed by atoms with Crippen molar-refractivity contribution in [3.8, 4) is 0 Å². The van der Waals surface area contributed by atoms with Crippen molar-refractivity contribution in [1.29, 1.82) is 0 Å². The molecule has 1 aromatic carbocycles. The fourth-order valence-corrected chi connectivity index (χ4v) is 1.76. The van der Waals surface area contributed by atoms with Gasteiger partial charge in [0, 0.05) is 18.5 Å². The summed E-state index contributed by atoms with van der Waals surface area (Å²) in [4.78, 5) is 11.7. The van der Waals surface area contributed by atoms with Gasteiger partial charge in [-0.1, -0.05) is 44.2 Å². The van der Waals surface area contributed by atoms with Crippen LogP contribution in [0.25, 0.3) is 0 Å². The summed E-state index contributed by atoms with van der Waals surface area (Å²) in [5, 5.41) is 2.95. The molecule has 0 fully saturated rings. The van der Waals surface area contributed by atoms with Gasteiger partial charge in [0.1, 0.15) is 0 Å². The van der Waals surface area contributed by atoms with Crippen molar-refractivity contribution in [2.45, 2.75) is 39.2 Å². The zero-order valence-electron chi connectivity index (χ0n) is 11.5. The Balaban J connectivity index is 2.32. The number of carbonyl (C=O) groups excluding carboxylic acids is 1. The maximum Gasteiger partial charge on any atom is 0.224 e. The minimum atomic E-state index is -0.128. The van der Waals surface area contributed by atoms with Crippen molar-refractivity contribution in [2.75, 3.05) is 6.54 Å². The first-order valence-corrected chi connectivity index (χ1v) is 6.60. The summed E-state index contributed by atoms with van der Waals surface area (Å²) >= 11 is 0. The topological polar surface area (TPSA) is 55.1 Å².